The van der Waals surface area contributed by atoms with E-state index in [1.807, 2.05) is 6.92 Å². The van der Waals surface area contributed by atoms with Gasteiger partial charge in [0.15, 0.2) is 9.84 Å². The molecular weight excluding hydrogens is 374 g/mol. The summed E-state index contributed by atoms with van der Waals surface area (Å²) in [6.45, 7) is 2.48. The number of carbonyl (C=O) groups is 1. The monoisotopic (exact) mass is 395 g/mol. The van der Waals surface area contributed by atoms with Crippen LogP contribution < -0.4 is 10.1 Å². The standard InChI is InChI=1S/C22H21NO4S/c1-2-27-20-13-11-19(12-14-20)23-22(24)18-8-6-7-17(15-18)16-28(25,26)21-9-4-3-5-10-21/h3-15H,2,16H2,1H3,(H,23,24). The molecule has 0 aromatic heterocycles. The van der Waals surface area contributed by atoms with Gasteiger partial charge in [0, 0.05) is 11.3 Å². The molecule has 0 heterocycles. The molecule has 0 bridgehead atoms. The topological polar surface area (TPSA) is 72.5 Å². The Kier molecular flexibility index (Phi) is 6.11. The van der Waals surface area contributed by atoms with Crippen molar-refractivity contribution in [3.63, 3.8) is 0 Å². The molecule has 0 spiro atoms. The summed E-state index contributed by atoms with van der Waals surface area (Å²) in [6.07, 6.45) is 0. The normalized spacial score (nSPS) is 11.0. The number of nitrogens with one attached hydrogen (secondary N) is 1. The SMILES string of the molecule is CCOc1ccc(NC(=O)c2cccc(CS(=O)(=O)c3ccccc3)c2)cc1. The molecule has 0 aliphatic rings. The highest BCUT2D eigenvalue weighted by Gasteiger charge is 2.16. The summed E-state index contributed by atoms with van der Waals surface area (Å²) in [4.78, 5) is 12.8. The molecule has 3 aromatic carbocycles. The van der Waals surface area contributed by atoms with Crippen LogP contribution in [0, 0.1) is 0 Å². The molecule has 5 nitrogen and oxygen atoms in total. The quantitative estimate of drug-likeness (QED) is 0.647. The fourth-order valence-electron chi connectivity index (χ4n) is 2.74. The molecule has 0 fully saturated rings. The number of sulfone groups is 1. The van der Waals surface area contributed by atoms with Crippen molar-refractivity contribution in [2.24, 2.45) is 0 Å². The first kappa shape index (κ1) is 19.6. The molecule has 1 amide bonds. The van der Waals surface area contributed by atoms with Crippen LogP contribution in [-0.4, -0.2) is 20.9 Å². The van der Waals surface area contributed by atoms with Gasteiger partial charge in [0.25, 0.3) is 5.91 Å². The van der Waals surface area contributed by atoms with Crippen molar-refractivity contribution in [1.29, 1.82) is 0 Å². The summed E-state index contributed by atoms with van der Waals surface area (Å²) in [6, 6.07) is 22.0. The minimum absolute atomic E-state index is 0.165. The zero-order valence-corrected chi connectivity index (χ0v) is 16.3. The molecule has 6 heteroatoms. The predicted octanol–water partition coefficient (Wildman–Crippen LogP) is 4.31. The fourth-order valence-corrected chi connectivity index (χ4v) is 4.09. The van der Waals surface area contributed by atoms with E-state index < -0.39 is 9.84 Å². The molecule has 1 N–H and O–H groups in total. The third kappa shape index (κ3) is 4.98. The molecule has 3 rings (SSSR count). The van der Waals surface area contributed by atoms with Crippen molar-refractivity contribution in [2.75, 3.05) is 11.9 Å². The van der Waals surface area contributed by atoms with Gasteiger partial charge in [0.05, 0.1) is 17.3 Å². The maximum atomic E-state index is 12.5. The zero-order valence-electron chi connectivity index (χ0n) is 15.5. The second-order valence-electron chi connectivity index (χ2n) is 6.18. The van der Waals surface area contributed by atoms with Gasteiger partial charge in [0.1, 0.15) is 5.75 Å². The average molecular weight is 395 g/mol. The van der Waals surface area contributed by atoms with Gasteiger partial charge in [-0.05, 0) is 61.0 Å². The van der Waals surface area contributed by atoms with E-state index in [2.05, 4.69) is 5.32 Å². The van der Waals surface area contributed by atoms with E-state index in [0.29, 0.717) is 23.4 Å². The smallest absolute Gasteiger partial charge is 0.255 e. The molecule has 0 unspecified atom stereocenters. The van der Waals surface area contributed by atoms with Crippen LogP contribution in [0.3, 0.4) is 0 Å². The third-order valence-corrected chi connectivity index (χ3v) is 5.78. The summed E-state index contributed by atoms with van der Waals surface area (Å²) in [5, 5.41) is 2.81. The van der Waals surface area contributed by atoms with Gasteiger partial charge in [-0.3, -0.25) is 4.79 Å². The van der Waals surface area contributed by atoms with Gasteiger partial charge >= 0.3 is 0 Å². The van der Waals surface area contributed by atoms with E-state index in [1.165, 1.54) is 0 Å². The Hall–Kier alpha value is -3.12. The average Bonchev–Trinajstić information content (AvgIpc) is 2.70. The van der Waals surface area contributed by atoms with Crippen LogP contribution >= 0.6 is 0 Å². The number of hydrogen-bond donors (Lipinski definition) is 1. The lowest BCUT2D eigenvalue weighted by atomic mass is 10.1. The molecule has 0 atom stereocenters. The first-order chi connectivity index (χ1) is 13.5. The lowest BCUT2D eigenvalue weighted by Gasteiger charge is -2.09. The number of amides is 1. The Labute approximate surface area is 164 Å². The van der Waals surface area contributed by atoms with E-state index in [0.717, 1.165) is 5.75 Å². The van der Waals surface area contributed by atoms with Crippen molar-refractivity contribution in [3.05, 3.63) is 90.0 Å². The second-order valence-corrected chi connectivity index (χ2v) is 8.17. The zero-order chi connectivity index (χ0) is 20.0. The number of rotatable bonds is 7. The van der Waals surface area contributed by atoms with Gasteiger partial charge in [-0.1, -0.05) is 30.3 Å². The predicted molar refractivity (Wildman–Crippen MR) is 109 cm³/mol. The van der Waals surface area contributed by atoms with Crippen molar-refractivity contribution in [3.8, 4) is 5.75 Å². The lowest BCUT2D eigenvalue weighted by Crippen LogP contribution is -2.13. The highest BCUT2D eigenvalue weighted by Crippen LogP contribution is 2.19. The van der Waals surface area contributed by atoms with E-state index in [1.54, 1.807) is 78.9 Å². The van der Waals surface area contributed by atoms with Gasteiger partial charge in [-0.2, -0.15) is 0 Å². The number of benzene rings is 3. The van der Waals surface area contributed by atoms with Crippen molar-refractivity contribution in [2.45, 2.75) is 17.6 Å². The van der Waals surface area contributed by atoms with Crippen LogP contribution in [0.2, 0.25) is 0 Å². The summed E-state index contributed by atoms with van der Waals surface area (Å²) in [5.41, 5.74) is 1.59. The molecule has 0 aliphatic heterocycles. The van der Waals surface area contributed by atoms with E-state index >= 15 is 0 Å². The molecule has 144 valence electrons. The van der Waals surface area contributed by atoms with Crippen molar-refractivity contribution in [1.82, 2.24) is 0 Å². The number of ether oxygens (including phenoxy) is 1. The van der Waals surface area contributed by atoms with Gasteiger partial charge in [-0.15, -0.1) is 0 Å². The Morgan fingerprint density at radius 3 is 2.32 bits per heavy atom. The van der Waals surface area contributed by atoms with E-state index in [9.17, 15) is 13.2 Å². The Morgan fingerprint density at radius 2 is 1.64 bits per heavy atom. The molecule has 0 saturated heterocycles. The summed E-state index contributed by atoms with van der Waals surface area (Å²) >= 11 is 0. The molecular formula is C22H21NO4S. The molecule has 0 radical (unpaired) electrons. The lowest BCUT2D eigenvalue weighted by molar-refractivity contribution is 0.102. The van der Waals surface area contributed by atoms with Crippen LogP contribution in [0.4, 0.5) is 5.69 Å². The summed E-state index contributed by atoms with van der Waals surface area (Å²) in [7, 11) is -3.47. The van der Waals surface area contributed by atoms with Crippen molar-refractivity contribution < 1.29 is 17.9 Å². The number of hydrogen-bond acceptors (Lipinski definition) is 4. The minimum atomic E-state index is -3.47. The molecule has 0 aliphatic carbocycles. The van der Waals surface area contributed by atoms with E-state index in [4.69, 9.17) is 4.74 Å². The molecule has 0 saturated carbocycles. The first-order valence-electron chi connectivity index (χ1n) is 8.89. The maximum absolute atomic E-state index is 12.5. The van der Waals surface area contributed by atoms with Crippen LogP contribution in [0.25, 0.3) is 0 Å². The van der Waals surface area contributed by atoms with Crippen LogP contribution in [0.5, 0.6) is 5.75 Å². The highest BCUT2D eigenvalue weighted by molar-refractivity contribution is 7.90. The highest BCUT2D eigenvalue weighted by atomic mass is 32.2. The Morgan fingerprint density at radius 1 is 0.929 bits per heavy atom. The minimum Gasteiger partial charge on any atom is -0.494 e. The molecule has 28 heavy (non-hydrogen) atoms. The largest absolute Gasteiger partial charge is 0.494 e. The van der Waals surface area contributed by atoms with Gasteiger partial charge in [-0.25, -0.2) is 8.42 Å². The Balaban J connectivity index is 1.73. The van der Waals surface area contributed by atoms with Crippen LogP contribution in [0.15, 0.2) is 83.8 Å². The number of carbonyl (C=O) groups excluding carboxylic acids is 1. The fraction of sp³-hybridized carbons (Fsp3) is 0.136. The summed E-state index contributed by atoms with van der Waals surface area (Å²) < 4.78 is 30.5. The van der Waals surface area contributed by atoms with Gasteiger partial charge < -0.3 is 10.1 Å². The summed E-state index contributed by atoms with van der Waals surface area (Å²) in [5.74, 6) is 0.262. The number of anilines is 1. The first-order valence-corrected chi connectivity index (χ1v) is 10.5. The third-order valence-electron chi connectivity index (χ3n) is 4.07. The van der Waals surface area contributed by atoms with Gasteiger partial charge in [0.2, 0.25) is 0 Å². The van der Waals surface area contributed by atoms with Crippen LogP contribution in [0.1, 0.15) is 22.8 Å². The second kappa shape index (κ2) is 8.71. The maximum Gasteiger partial charge on any atom is 0.255 e. The van der Waals surface area contributed by atoms with Crippen LogP contribution in [-0.2, 0) is 15.6 Å². The Bertz CT molecular complexity index is 1050. The molecule has 3 aromatic rings. The van der Waals surface area contributed by atoms with E-state index in [-0.39, 0.29) is 16.6 Å². The van der Waals surface area contributed by atoms with Crippen molar-refractivity contribution >= 4 is 21.4 Å².